The third kappa shape index (κ3) is 5.81. The van der Waals surface area contributed by atoms with E-state index >= 15 is 0 Å². The molecule has 1 heterocycles. The molecule has 0 aliphatic heterocycles. The van der Waals surface area contributed by atoms with Crippen LogP contribution in [0.5, 0.6) is 11.5 Å². The molecule has 0 atom stereocenters. The van der Waals surface area contributed by atoms with E-state index < -0.39 is 0 Å². The first kappa shape index (κ1) is 24.5. The number of benzene rings is 2. The molecule has 10 heteroatoms. The van der Waals surface area contributed by atoms with Crippen LogP contribution in [0.4, 0.5) is 0 Å². The molecule has 0 saturated carbocycles. The fraction of sp³-hybridized carbons (Fsp3) is 0.391. The summed E-state index contributed by atoms with van der Waals surface area (Å²) in [7, 11) is 4.66. The Labute approximate surface area is 201 Å². The molecule has 0 amide bonds. The second kappa shape index (κ2) is 10.2. The molecular weight excluding hydrogens is 490 g/mol. The van der Waals surface area contributed by atoms with Crippen LogP contribution in [0.15, 0.2) is 50.8 Å². The molecule has 0 radical (unpaired) electrons. The highest BCUT2D eigenvalue weighted by Gasteiger charge is 2.19. The third-order valence-corrected chi connectivity index (χ3v) is 5.43. The van der Waals surface area contributed by atoms with Gasteiger partial charge in [-0.15, -0.1) is 0 Å². The fourth-order valence-electron chi connectivity index (χ4n) is 3.30. The van der Waals surface area contributed by atoms with Crippen LogP contribution < -0.4 is 15.2 Å². The van der Waals surface area contributed by atoms with Gasteiger partial charge in [0.05, 0.1) is 28.5 Å². The van der Waals surface area contributed by atoms with Crippen molar-refractivity contribution < 1.29 is 14.3 Å². The van der Waals surface area contributed by atoms with E-state index in [2.05, 4.69) is 52.3 Å². The van der Waals surface area contributed by atoms with Crippen LogP contribution in [0.25, 0.3) is 5.69 Å². The summed E-state index contributed by atoms with van der Waals surface area (Å²) < 4.78 is 14.8. The number of hydrogen-bond donors (Lipinski definition) is 0. The molecule has 3 aromatic rings. The third-order valence-electron chi connectivity index (χ3n) is 4.81. The Morgan fingerprint density at radius 2 is 1.88 bits per heavy atom. The molecule has 176 valence electrons. The van der Waals surface area contributed by atoms with E-state index in [1.807, 2.05) is 24.3 Å². The van der Waals surface area contributed by atoms with E-state index in [9.17, 15) is 4.79 Å². The van der Waals surface area contributed by atoms with Crippen molar-refractivity contribution >= 4 is 21.6 Å². The van der Waals surface area contributed by atoms with Gasteiger partial charge in [-0.25, -0.2) is 4.79 Å². The zero-order valence-electron chi connectivity index (χ0n) is 19.6. The first-order valence-corrected chi connectivity index (χ1v) is 11.1. The lowest BCUT2D eigenvalue weighted by Gasteiger charge is -2.20. The Bertz CT molecular complexity index is 1210. The van der Waals surface area contributed by atoms with Gasteiger partial charge in [0.15, 0.2) is 0 Å². The number of rotatable bonds is 8. The average molecular weight is 518 g/mol. The predicted octanol–water partition coefficient (Wildman–Crippen LogP) is 4.10. The summed E-state index contributed by atoms with van der Waals surface area (Å²) in [5.74, 6) is 1.21. The maximum atomic E-state index is 12.4. The number of oxime groups is 1. The Morgan fingerprint density at radius 1 is 1.12 bits per heavy atom. The minimum absolute atomic E-state index is 0.0533. The SMILES string of the molecule is CON=C(CC(C)(C)C)c1ccc(OCc2c(OC)cccc2-n2nnn(C)c2=O)c(Br)c1. The van der Waals surface area contributed by atoms with Crippen molar-refractivity contribution in [2.75, 3.05) is 14.2 Å². The first-order valence-electron chi connectivity index (χ1n) is 10.3. The number of aryl methyl sites for hydroxylation is 1. The van der Waals surface area contributed by atoms with Crippen LogP contribution in [0, 0.1) is 5.41 Å². The van der Waals surface area contributed by atoms with Crippen LogP contribution in [0.2, 0.25) is 0 Å². The number of ether oxygens (including phenoxy) is 2. The van der Waals surface area contributed by atoms with Crippen LogP contribution in [-0.2, 0) is 18.5 Å². The van der Waals surface area contributed by atoms with Crippen LogP contribution >= 0.6 is 15.9 Å². The smallest absolute Gasteiger partial charge is 0.368 e. The lowest BCUT2D eigenvalue weighted by molar-refractivity contribution is 0.211. The lowest BCUT2D eigenvalue weighted by Crippen LogP contribution is -2.23. The molecule has 0 aliphatic rings. The number of nitrogens with zero attached hydrogens (tertiary/aromatic N) is 5. The first-order chi connectivity index (χ1) is 15.6. The van der Waals surface area contributed by atoms with Gasteiger partial charge in [0, 0.05) is 12.6 Å². The molecule has 0 saturated heterocycles. The Balaban J connectivity index is 1.90. The molecule has 0 fully saturated rings. The van der Waals surface area contributed by atoms with Crippen molar-refractivity contribution in [2.45, 2.75) is 33.8 Å². The van der Waals surface area contributed by atoms with Gasteiger partial charge in [0.1, 0.15) is 25.2 Å². The number of methoxy groups -OCH3 is 1. The summed E-state index contributed by atoms with van der Waals surface area (Å²) in [6.07, 6.45) is 0.755. The highest BCUT2D eigenvalue weighted by molar-refractivity contribution is 9.10. The Morgan fingerprint density at radius 3 is 2.45 bits per heavy atom. The van der Waals surface area contributed by atoms with Gasteiger partial charge in [-0.3, -0.25) is 0 Å². The van der Waals surface area contributed by atoms with E-state index in [1.54, 1.807) is 33.4 Å². The molecule has 0 aliphatic carbocycles. The minimum atomic E-state index is -0.362. The van der Waals surface area contributed by atoms with Gasteiger partial charge >= 0.3 is 5.69 Å². The normalized spacial score (nSPS) is 12.0. The van der Waals surface area contributed by atoms with Gasteiger partial charge in [-0.05, 0) is 68.5 Å². The van der Waals surface area contributed by atoms with Crippen molar-refractivity contribution in [1.29, 1.82) is 0 Å². The molecule has 1 aromatic heterocycles. The maximum Gasteiger partial charge on any atom is 0.368 e. The highest BCUT2D eigenvalue weighted by atomic mass is 79.9. The van der Waals surface area contributed by atoms with Crippen molar-refractivity contribution in [2.24, 2.45) is 17.6 Å². The molecule has 0 N–H and O–H groups in total. The fourth-order valence-corrected chi connectivity index (χ4v) is 3.79. The molecular formula is C23H28BrN5O4. The van der Waals surface area contributed by atoms with Crippen molar-refractivity contribution in [3.05, 3.63) is 62.5 Å². The quantitative estimate of drug-likeness (QED) is 0.329. The summed E-state index contributed by atoms with van der Waals surface area (Å²) in [5, 5.41) is 12.0. The Kier molecular flexibility index (Phi) is 7.57. The molecule has 0 spiro atoms. The summed E-state index contributed by atoms with van der Waals surface area (Å²) in [6.45, 7) is 6.61. The van der Waals surface area contributed by atoms with Crippen LogP contribution in [0.1, 0.15) is 38.3 Å². The minimum Gasteiger partial charge on any atom is -0.496 e. The second-order valence-electron chi connectivity index (χ2n) is 8.65. The molecule has 0 bridgehead atoms. The van der Waals surface area contributed by atoms with E-state index in [0.29, 0.717) is 22.7 Å². The number of aromatic nitrogens is 4. The molecule has 33 heavy (non-hydrogen) atoms. The van der Waals surface area contributed by atoms with E-state index in [0.717, 1.165) is 26.9 Å². The standard InChI is InChI=1S/C23H28BrN5O4/c1-23(2,3)13-18(25-32-6)15-10-11-21(17(24)12-15)33-14-16-19(8-7-9-20(16)31-5)29-22(30)28(4)26-27-29/h7-12H,13-14H2,1-6H3. The van der Waals surface area contributed by atoms with E-state index in [-0.39, 0.29) is 17.7 Å². The van der Waals surface area contributed by atoms with Gasteiger partial charge in [-0.2, -0.15) is 9.36 Å². The Hall–Kier alpha value is -3.14. The van der Waals surface area contributed by atoms with E-state index in [4.69, 9.17) is 14.3 Å². The van der Waals surface area contributed by atoms with E-state index in [1.165, 1.54) is 4.68 Å². The summed E-state index contributed by atoms with van der Waals surface area (Å²) >= 11 is 3.60. The monoisotopic (exact) mass is 517 g/mol. The summed E-state index contributed by atoms with van der Waals surface area (Å²) in [4.78, 5) is 17.5. The predicted molar refractivity (Wildman–Crippen MR) is 129 cm³/mol. The zero-order valence-corrected chi connectivity index (χ0v) is 21.2. The topological polar surface area (TPSA) is 92.8 Å². The van der Waals surface area contributed by atoms with Crippen molar-refractivity contribution in [3.63, 3.8) is 0 Å². The molecule has 3 rings (SSSR count). The van der Waals surface area contributed by atoms with Crippen LogP contribution in [-0.4, -0.2) is 39.7 Å². The average Bonchev–Trinajstić information content (AvgIpc) is 3.09. The van der Waals surface area contributed by atoms with Gasteiger partial charge in [0.25, 0.3) is 0 Å². The highest BCUT2D eigenvalue weighted by Crippen LogP contribution is 2.31. The van der Waals surface area contributed by atoms with Crippen molar-refractivity contribution in [1.82, 2.24) is 19.8 Å². The second-order valence-corrected chi connectivity index (χ2v) is 9.50. The number of hydrogen-bond acceptors (Lipinski definition) is 7. The zero-order chi connectivity index (χ0) is 24.2. The molecule has 2 aromatic carbocycles. The van der Waals surface area contributed by atoms with Gasteiger partial charge < -0.3 is 14.3 Å². The maximum absolute atomic E-state index is 12.4. The van der Waals surface area contributed by atoms with Crippen LogP contribution in [0.3, 0.4) is 0 Å². The van der Waals surface area contributed by atoms with Crippen molar-refractivity contribution in [3.8, 4) is 17.2 Å². The molecule has 0 unspecified atom stereocenters. The van der Waals surface area contributed by atoms with Gasteiger partial charge in [-0.1, -0.05) is 32.0 Å². The molecule has 9 nitrogen and oxygen atoms in total. The summed E-state index contributed by atoms with van der Waals surface area (Å²) in [6, 6.07) is 11.1. The number of halogens is 1. The number of tetrazole rings is 1. The summed E-state index contributed by atoms with van der Waals surface area (Å²) in [5.41, 5.74) is 2.70. The largest absolute Gasteiger partial charge is 0.496 e. The lowest BCUT2D eigenvalue weighted by atomic mass is 9.87. The van der Waals surface area contributed by atoms with Gasteiger partial charge in [0.2, 0.25) is 0 Å².